The molecule has 2 aromatic rings. The molecule has 2 rings (SSSR count). The fraction of sp³-hybridized carbons (Fsp3) is 0.357. The van der Waals surface area contributed by atoms with Gasteiger partial charge in [0, 0.05) is 17.3 Å². The fourth-order valence-electron chi connectivity index (χ4n) is 1.80. The lowest BCUT2D eigenvalue weighted by molar-refractivity contribution is 0.410. The molecule has 0 saturated heterocycles. The molecule has 1 heterocycles. The van der Waals surface area contributed by atoms with E-state index >= 15 is 0 Å². The molecule has 0 aliphatic rings. The smallest absolute Gasteiger partial charge is 0.274 e. The van der Waals surface area contributed by atoms with Crippen molar-refractivity contribution in [1.82, 2.24) is 9.78 Å². The minimum Gasteiger partial charge on any atom is -0.393 e. The number of hydrogen-bond acceptors (Lipinski definition) is 3. The van der Waals surface area contributed by atoms with Crippen molar-refractivity contribution < 1.29 is 0 Å². The van der Waals surface area contributed by atoms with E-state index in [0.717, 1.165) is 5.39 Å². The van der Waals surface area contributed by atoms with Crippen LogP contribution < -0.4 is 11.3 Å². The van der Waals surface area contributed by atoms with Crippen LogP contribution in [0.15, 0.2) is 35.3 Å². The predicted molar refractivity (Wildman–Crippen MR) is 81.2 cm³/mol. The highest BCUT2D eigenvalue weighted by Gasteiger charge is 2.21. The highest BCUT2D eigenvalue weighted by atomic mass is 32.1. The lowest BCUT2D eigenvalue weighted by atomic mass is 9.89. The topological polar surface area (TPSA) is 60.9 Å². The molecule has 1 aromatic carbocycles. The van der Waals surface area contributed by atoms with Crippen LogP contribution in [0.1, 0.15) is 20.3 Å². The van der Waals surface area contributed by atoms with Gasteiger partial charge < -0.3 is 5.73 Å². The highest BCUT2D eigenvalue weighted by Crippen LogP contribution is 2.21. The van der Waals surface area contributed by atoms with Crippen LogP contribution in [-0.2, 0) is 6.54 Å². The van der Waals surface area contributed by atoms with Gasteiger partial charge in [0.15, 0.2) is 0 Å². The summed E-state index contributed by atoms with van der Waals surface area (Å²) in [6.07, 6.45) is 2.40. The first kappa shape index (κ1) is 13.7. The summed E-state index contributed by atoms with van der Waals surface area (Å²) in [6.45, 7) is 4.46. The molecule has 0 bridgehead atoms. The van der Waals surface area contributed by atoms with Gasteiger partial charge in [-0.2, -0.15) is 5.10 Å². The van der Waals surface area contributed by atoms with Gasteiger partial charge in [-0.25, -0.2) is 4.68 Å². The van der Waals surface area contributed by atoms with Gasteiger partial charge in [-0.3, -0.25) is 4.79 Å². The lowest BCUT2D eigenvalue weighted by Gasteiger charge is -2.22. The van der Waals surface area contributed by atoms with Gasteiger partial charge in [-0.15, -0.1) is 0 Å². The molecule has 19 heavy (non-hydrogen) atoms. The van der Waals surface area contributed by atoms with E-state index < -0.39 is 0 Å². The van der Waals surface area contributed by atoms with Crippen LogP contribution in [0.4, 0.5) is 0 Å². The summed E-state index contributed by atoms with van der Waals surface area (Å²) in [5.41, 5.74) is 5.34. The van der Waals surface area contributed by atoms with Crippen molar-refractivity contribution in [3.05, 3.63) is 40.8 Å². The van der Waals surface area contributed by atoms with E-state index in [2.05, 4.69) is 5.10 Å². The second-order valence-corrected chi connectivity index (χ2v) is 5.70. The molecule has 0 radical (unpaired) electrons. The van der Waals surface area contributed by atoms with Crippen molar-refractivity contribution in [3.8, 4) is 0 Å². The van der Waals surface area contributed by atoms with E-state index in [1.165, 1.54) is 4.68 Å². The summed E-state index contributed by atoms with van der Waals surface area (Å²) >= 11 is 5.03. The van der Waals surface area contributed by atoms with E-state index in [4.69, 9.17) is 18.0 Å². The van der Waals surface area contributed by atoms with E-state index in [-0.39, 0.29) is 11.0 Å². The number of nitrogens with zero attached hydrogens (tertiary/aromatic N) is 2. The van der Waals surface area contributed by atoms with E-state index in [9.17, 15) is 4.79 Å². The minimum absolute atomic E-state index is 0.0724. The maximum Gasteiger partial charge on any atom is 0.274 e. The van der Waals surface area contributed by atoms with Crippen LogP contribution in [0.25, 0.3) is 10.8 Å². The Kier molecular flexibility index (Phi) is 3.66. The number of hydrogen-bond donors (Lipinski definition) is 1. The summed E-state index contributed by atoms with van der Waals surface area (Å²) in [5, 5.41) is 5.73. The summed E-state index contributed by atoms with van der Waals surface area (Å²) in [4.78, 5) is 12.7. The van der Waals surface area contributed by atoms with Crippen molar-refractivity contribution in [2.45, 2.75) is 26.8 Å². The van der Waals surface area contributed by atoms with Crippen LogP contribution in [0.3, 0.4) is 0 Å². The monoisotopic (exact) mass is 275 g/mol. The number of rotatable bonds is 4. The zero-order valence-electron chi connectivity index (χ0n) is 11.1. The molecular formula is C14H17N3OS. The Hall–Kier alpha value is -1.75. The van der Waals surface area contributed by atoms with Gasteiger partial charge in [0.25, 0.3) is 5.56 Å². The van der Waals surface area contributed by atoms with Crippen LogP contribution >= 0.6 is 12.2 Å². The van der Waals surface area contributed by atoms with Gasteiger partial charge >= 0.3 is 0 Å². The highest BCUT2D eigenvalue weighted by molar-refractivity contribution is 7.80. The molecule has 5 heteroatoms. The zero-order valence-corrected chi connectivity index (χ0v) is 11.9. The van der Waals surface area contributed by atoms with Gasteiger partial charge in [-0.1, -0.05) is 44.3 Å². The van der Waals surface area contributed by atoms with Crippen molar-refractivity contribution in [2.24, 2.45) is 11.1 Å². The second kappa shape index (κ2) is 5.09. The largest absolute Gasteiger partial charge is 0.393 e. The van der Waals surface area contributed by atoms with Crippen LogP contribution in [0.2, 0.25) is 0 Å². The molecule has 100 valence electrons. The normalized spacial score (nSPS) is 11.7. The van der Waals surface area contributed by atoms with Crippen molar-refractivity contribution in [2.75, 3.05) is 0 Å². The third-order valence-corrected chi connectivity index (χ3v) is 3.93. The summed E-state index contributed by atoms with van der Waals surface area (Å²) in [6, 6.07) is 7.44. The van der Waals surface area contributed by atoms with Crippen molar-refractivity contribution >= 4 is 28.0 Å². The average molecular weight is 275 g/mol. The minimum atomic E-state index is -0.276. The Labute approximate surface area is 117 Å². The Bertz CT molecular complexity index is 676. The third-order valence-electron chi connectivity index (χ3n) is 3.38. The number of thiocarbonyl (C=S) groups is 1. The SMILES string of the molecule is CC(C)(CCn1ncc2ccccc2c1=O)C(N)=S. The molecule has 0 aliphatic carbocycles. The standard InChI is InChI=1S/C14H17N3OS/c1-14(2,13(15)19)7-8-17-12(18)11-6-4-3-5-10(11)9-16-17/h3-6,9H,7-8H2,1-2H3,(H2,15,19). The second-order valence-electron chi connectivity index (χ2n) is 5.26. The first-order valence-electron chi connectivity index (χ1n) is 6.16. The molecule has 0 saturated carbocycles. The average Bonchev–Trinajstić information content (AvgIpc) is 2.38. The van der Waals surface area contributed by atoms with Crippen molar-refractivity contribution in [1.29, 1.82) is 0 Å². The Morgan fingerprint density at radius 2 is 2.11 bits per heavy atom. The van der Waals surface area contributed by atoms with E-state index in [1.807, 2.05) is 38.1 Å². The quantitative estimate of drug-likeness (QED) is 0.868. The first-order valence-corrected chi connectivity index (χ1v) is 6.57. The maximum atomic E-state index is 12.3. The van der Waals surface area contributed by atoms with Crippen LogP contribution in [0, 0.1) is 5.41 Å². The van der Waals surface area contributed by atoms with Gasteiger partial charge in [0.05, 0.1) is 16.6 Å². The number of benzene rings is 1. The number of fused-ring (bicyclic) bond motifs is 1. The lowest BCUT2D eigenvalue weighted by Crippen LogP contribution is -2.33. The van der Waals surface area contributed by atoms with Crippen LogP contribution in [-0.4, -0.2) is 14.8 Å². The predicted octanol–water partition coefficient (Wildman–Crippen LogP) is 2.10. The zero-order chi connectivity index (χ0) is 14.0. The molecule has 0 aliphatic heterocycles. The Morgan fingerprint density at radius 1 is 1.42 bits per heavy atom. The Balaban J connectivity index is 2.30. The molecule has 0 atom stereocenters. The summed E-state index contributed by atoms with van der Waals surface area (Å²) < 4.78 is 1.47. The summed E-state index contributed by atoms with van der Waals surface area (Å²) in [7, 11) is 0. The van der Waals surface area contributed by atoms with Gasteiger partial charge in [-0.05, 0) is 12.5 Å². The first-order chi connectivity index (χ1) is 8.92. The fourth-order valence-corrected chi connectivity index (χ4v) is 1.90. The molecule has 1 aromatic heterocycles. The van der Waals surface area contributed by atoms with Gasteiger partial charge in [0.1, 0.15) is 0 Å². The van der Waals surface area contributed by atoms with E-state index in [0.29, 0.717) is 23.3 Å². The molecule has 0 unspecified atom stereocenters. The van der Waals surface area contributed by atoms with Crippen molar-refractivity contribution in [3.63, 3.8) is 0 Å². The molecule has 2 N–H and O–H groups in total. The molecule has 4 nitrogen and oxygen atoms in total. The maximum absolute atomic E-state index is 12.3. The molecule has 0 amide bonds. The molecular weight excluding hydrogens is 258 g/mol. The number of aromatic nitrogens is 2. The molecule has 0 spiro atoms. The van der Waals surface area contributed by atoms with Crippen LogP contribution in [0.5, 0.6) is 0 Å². The summed E-state index contributed by atoms with van der Waals surface area (Å²) in [5.74, 6) is 0. The Morgan fingerprint density at radius 3 is 2.79 bits per heavy atom. The van der Waals surface area contributed by atoms with Gasteiger partial charge in [0.2, 0.25) is 0 Å². The molecule has 0 fully saturated rings. The number of nitrogens with two attached hydrogens (primary N) is 1. The number of aryl methyl sites for hydroxylation is 1. The van der Waals surface area contributed by atoms with E-state index in [1.54, 1.807) is 6.20 Å². The third kappa shape index (κ3) is 2.81.